The number of imidazole rings is 1. The number of rotatable bonds is 6. The maximum Gasteiger partial charge on any atom is 0.251 e. The van der Waals surface area contributed by atoms with Gasteiger partial charge in [-0.3, -0.25) is 9.59 Å². The van der Waals surface area contributed by atoms with E-state index in [1.54, 1.807) is 41.2 Å². The van der Waals surface area contributed by atoms with Crippen LogP contribution in [0.1, 0.15) is 54.1 Å². The molecule has 1 aromatic heterocycles. The first kappa shape index (κ1) is 22.2. The fourth-order valence-corrected chi connectivity index (χ4v) is 3.20. The summed E-state index contributed by atoms with van der Waals surface area (Å²) in [6, 6.07) is 12.6. The second-order valence-corrected chi connectivity index (χ2v) is 8.46. The zero-order valence-corrected chi connectivity index (χ0v) is 18.1. The standard InChI is InChI=1S/C24H27FN4O2/c1-24(2,3)18-9-5-17(6-10-18)23(31)27-15-20(30)28-21(22-26-13-14-29(22)4)16-7-11-19(25)12-8-16/h5-14,21H,15H2,1-4H3,(H,27,31)(H,28,30)/t21-/m1/s1. The Kier molecular flexibility index (Phi) is 6.53. The van der Waals surface area contributed by atoms with Gasteiger partial charge in [-0.15, -0.1) is 0 Å². The molecule has 6 nitrogen and oxygen atoms in total. The summed E-state index contributed by atoms with van der Waals surface area (Å²) < 4.78 is 15.1. The van der Waals surface area contributed by atoms with Crippen LogP contribution in [0.5, 0.6) is 0 Å². The zero-order valence-electron chi connectivity index (χ0n) is 18.1. The van der Waals surface area contributed by atoms with Crippen LogP contribution in [-0.4, -0.2) is 27.9 Å². The molecule has 0 saturated heterocycles. The number of nitrogens with zero attached hydrogens (tertiary/aromatic N) is 2. The molecule has 1 atom stereocenters. The van der Waals surface area contributed by atoms with Gasteiger partial charge < -0.3 is 15.2 Å². The number of amides is 2. The van der Waals surface area contributed by atoms with Crippen LogP contribution in [0.3, 0.4) is 0 Å². The molecule has 3 rings (SSSR count). The predicted octanol–water partition coefficient (Wildman–Crippen LogP) is 3.49. The molecule has 0 aliphatic carbocycles. The highest BCUT2D eigenvalue weighted by Crippen LogP contribution is 2.22. The summed E-state index contributed by atoms with van der Waals surface area (Å²) in [5.74, 6) is -0.467. The van der Waals surface area contributed by atoms with Crippen molar-refractivity contribution in [3.63, 3.8) is 0 Å². The Morgan fingerprint density at radius 2 is 1.71 bits per heavy atom. The number of halogens is 1. The first-order valence-electron chi connectivity index (χ1n) is 10.1. The van der Waals surface area contributed by atoms with Gasteiger partial charge in [0.2, 0.25) is 5.91 Å². The summed E-state index contributed by atoms with van der Waals surface area (Å²) in [7, 11) is 1.81. The van der Waals surface area contributed by atoms with Gasteiger partial charge >= 0.3 is 0 Å². The number of hydrogen-bond acceptors (Lipinski definition) is 3. The quantitative estimate of drug-likeness (QED) is 0.639. The van der Waals surface area contributed by atoms with Gasteiger partial charge in [-0.25, -0.2) is 9.37 Å². The van der Waals surface area contributed by atoms with Crippen molar-refractivity contribution >= 4 is 11.8 Å². The van der Waals surface area contributed by atoms with E-state index in [-0.39, 0.29) is 29.6 Å². The van der Waals surface area contributed by atoms with Crippen molar-refractivity contribution in [1.29, 1.82) is 0 Å². The summed E-state index contributed by atoms with van der Waals surface area (Å²) in [5, 5.41) is 5.52. The lowest BCUT2D eigenvalue weighted by Crippen LogP contribution is -2.39. The highest BCUT2D eigenvalue weighted by molar-refractivity contribution is 5.96. The van der Waals surface area contributed by atoms with Gasteiger partial charge in [-0.05, 0) is 40.8 Å². The summed E-state index contributed by atoms with van der Waals surface area (Å²) in [4.78, 5) is 29.3. The Balaban J connectivity index is 1.66. The van der Waals surface area contributed by atoms with E-state index in [4.69, 9.17) is 0 Å². The van der Waals surface area contributed by atoms with Crippen LogP contribution in [-0.2, 0) is 17.3 Å². The summed E-state index contributed by atoms with van der Waals surface area (Å²) in [6.07, 6.45) is 3.39. The molecule has 0 spiro atoms. The van der Waals surface area contributed by atoms with Crippen molar-refractivity contribution in [2.75, 3.05) is 6.54 Å². The molecule has 0 aliphatic heterocycles. The summed E-state index contributed by atoms with van der Waals surface area (Å²) in [6.45, 7) is 6.12. The third-order valence-electron chi connectivity index (χ3n) is 5.05. The fourth-order valence-electron chi connectivity index (χ4n) is 3.20. The number of nitrogens with one attached hydrogen (secondary N) is 2. The Morgan fingerprint density at radius 1 is 1.06 bits per heavy atom. The smallest absolute Gasteiger partial charge is 0.251 e. The third kappa shape index (κ3) is 5.57. The Morgan fingerprint density at radius 3 is 2.26 bits per heavy atom. The van der Waals surface area contributed by atoms with E-state index in [0.29, 0.717) is 17.0 Å². The summed E-state index contributed by atoms with van der Waals surface area (Å²) >= 11 is 0. The zero-order chi connectivity index (χ0) is 22.6. The molecule has 0 bridgehead atoms. The fraction of sp³-hybridized carbons (Fsp3) is 0.292. The SMILES string of the molecule is Cn1ccnc1[C@H](NC(=O)CNC(=O)c1ccc(C(C)(C)C)cc1)c1ccc(F)cc1. The number of carbonyl (C=O) groups excluding carboxylic acids is 2. The number of benzene rings is 2. The minimum absolute atomic E-state index is 0.00473. The van der Waals surface area contributed by atoms with E-state index in [1.807, 2.05) is 19.2 Å². The summed E-state index contributed by atoms with van der Waals surface area (Å²) in [5.41, 5.74) is 2.29. The molecule has 2 N–H and O–H groups in total. The highest BCUT2D eigenvalue weighted by atomic mass is 19.1. The second-order valence-electron chi connectivity index (χ2n) is 8.46. The van der Waals surface area contributed by atoms with E-state index in [9.17, 15) is 14.0 Å². The molecule has 2 amide bonds. The molecule has 0 saturated carbocycles. The maximum atomic E-state index is 13.3. The Labute approximate surface area is 181 Å². The van der Waals surface area contributed by atoms with Crippen molar-refractivity contribution in [2.45, 2.75) is 32.2 Å². The van der Waals surface area contributed by atoms with E-state index in [2.05, 4.69) is 36.4 Å². The average Bonchev–Trinajstić information content (AvgIpc) is 3.16. The minimum Gasteiger partial charge on any atom is -0.343 e. The molecule has 7 heteroatoms. The van der Waals surface area contributed by atoms with Crippen molar-refractivity contribution in [2.24, 2.45) is 7.05 Å². The molecule has 31 heavy (non-hydrogen) atoms. The van der Waals surface area contributed by atoms with E-state index < -0.39 is 6.04 Å². The van der Waals surface area contributed by atoms with Gasteiger partial charge in [0, 0.05) is 25.0 Å². The Hall–Kier alpha value is -3.48. The molecular formula is C24H27FN4O2. The normalized spacial score (nSPS) is 12.3. The minimum atomic E-state index is -0.573. The molecular weight excluding hydrogens is 395 g/mol. The van der Waals surface area contributed by atoms with Crippen LogP contribution in [0.25, 0.3) is 0 Å². The van der Waals surface area contributed by atoms with Gasteiger partial charge in [0.25, 0.3) is 5.91 Å². The molecule has 0 aliphatic rings. The second kappa shape index (κ2) is 9.12. The lowest BCUT2D eigenvalue weighted by molar-refractivity contribution is -0.120. The topological polar surface area (TPSA) is 76.0 Å². The molecule has 1 heterocycles. The Bertz CT molecular complexity index is 1050. The van der Waals surface area contributed by atoms with Crippen LogP contribution in [0.15, 0.2) is 60.9 Å². The van der Waals surface area contributed by atoms with Crippen LogP contribution in [0.2, 0.25) is 0 Å². The monoisotopic (exact) mass is 422 g/mol. The molecule has 162 valence electrons. The van der Waals surface area contributed by atoms with Gasteiger partial charge in [0.05, 0.1) is 6.54 Å². The predicted molar refractivity (Wildman–Crippen MR) is 117 cm³/mol. The maximum absolute atomic E-state index is 13.3. The van der Waals surface area contributed by atoms with E-state index >= 15 is 0 Å². The number of hydrogen-bond donors (Lipinski definition) is 2. The molecule has 3 aromatic rings. The van der Waals surface area contributed by atoms with Crippen molar-refractivity contribution in [3.05, 3.63) is 89.3 Å². The van der Waals surface area contributed by atoms with Gasteiger partial charge in [-0.1, -0.05) is 45.0 Å². The van der Waals surface area contributed by atoms with Crippen LogP contribution < -0.4 is 10.6 Å². The van der Waals surface area contributed by atoms with Gasteiger partial charge in [0.1, 0.15) is 17.7 Å². The van der Waals surface area contributed by atoms with E-state index in [0.717, 1.165) is 5.56 Å². The molecule has 0 fully saturated rings. The van der Waals surface area contributed by atoms with Crippen molar-refractivity contribution in [1.82, 2.24) is 20.2 Å². The number of aromatic nitrogens is 2. The molecule has 0 radical (unpaired) electrons. The first-order valence-corrected chi connectivity index (χ1v) is 10.1. The molecule has 2 aromatic carbocycles. The third-order valence-corrected chi connectivity index (χ3v) is 5.05. The van der Waals surface area contributed by atoms with Gasteiger partial charge in [0.15, 0.2) is 0 Å². The average molecular weight is 423 g/mol. The van der Waals surface area contributed by atoms with Crippen LogP contribution in [0.4, 0.5) is 4.39 Å². The van der Waals surface area contributed by atoms with Gasteiger partial charge in [-0.2, -0.15) is 0 Å². The largest absolute Gasteiger partial charge is 0.343 e. The number of aryl methyl sites for hydroxylation is 1. The van der Waals surface area contributed by atoms with E-state index in [1.165, 1.54) is 12.1 Å². The lowest BCUT2D eigenvalue weighted by Gasteiger charge is -2.20. The van der Waals surface area contributed by atoms with Crippen LogP contribution in [0, 0.1) is 5.82 Å². The highest BCUT2D eigenvalue weighted by Gasteiger charge is 2.21. The first-order chi connectivity index (χ1) is 14.6. The number of carbonyl (C=O) groups is 2. The van der Waals surface area contributed by atoms with Crippen LogP contribution >= 0.6 is 0 Å². The van der Waals surface area contributed by atoms with Crippen molar-refractivity contribution in [3.8, 4) is 0 Å². The molecule has 0 unspecified atom stereocenters. The van der Waals surface area contributed by atoms with Crippen molar-refractivity contribution < 1.29 is 14.0 Å². The lowest BCUT2D eigenvalue weighted by atomic mass is 9.87.